The van der Waals surface area contributed by atoms with Crippen molar-refractivity contribution in [1.29, 1.82) is 0 Å². The summed E-state index contributed by atoms with van der Waals surface area (Å²) >= 11 is 0. The second-order valence-corrected chi connectivity index (χ2v) is 11.4. The zero-order valence-electron chi connectivity index (χ0n) is 24.3. The summed E-state index contributed by atoms with van der Waals surface area (Å²) in [5.41, 5.74) is -2.78. The summed E-state index contributed by atoms with van der Waals surface area (Å²) in [4.78, 5) is 47.5. The highest BCUT2D eigenvalue weighted by Crippen LogP contribution is 2.37. The Morgan fingerprint density at radius 3 is 1.00 bits per heavy atom. The van der Waals surface area contributed by atoms with Crippen LogP contribution in [0.1, 0.15) is 108 Å². The molecule has 0 radical (unpaired) electrons. The van der Waals surface area contributed by atoms with Gasteiger partial charge in [-0.25, -0.2) is 0 Å². The van der Waals surface area contributed by atoms with Gasteiger partial charge in [0, 0.05) is 0 Å². The van der Waals surface area contributed by atoms with Crippen molar-refractivity contribution in [3.63, 3.8) is 0 Å². The van der Waals surface area contributed by atoms with Crippen LogP contribution < -0.4 is 0 Å². The largest absolute Gasteiger partial charge is 0.480 e. The summed E-state index contributed by atoms with van der Waals surface area (Å²) in [5.74, 6) is -2.76. The number of carboxylic acids is 2. The number of ether oxygens (including phenoxy) is 2. The lowest BCUT2D eigenvalue weighted by molar-refractivity contribution is -0.176. The van der Waals surface area contributed by atoms with E-state index in [2.05, 4.69) is 0 Å². The Balaban J connectivity index is 0. The predicted octanol–water partition coefficient (Wildman–Crippen LogP) is 6.21. The van der Waals surface area contributed by atoms with E-state index in [0.29, 0.717) is 26.1 Å². The van der Waals surface area contributed by atoms with E-state index in [0.717, 1.165) is 12.8 Å². The third kappa shape index (κ3) is 12.2. The summed E-state index contributed by atoms with van der Waals surface area (Å²) in [6.45, 7) is 19.9. The van der Waals surface area contributed by atoms with E-state index in [1.807, 2.05) is 69.2 Å². The lowest BCUT2D eigenvalue weighted by Gasteiger charge is -2.32. The minimum absolute atomic E-state index is 0.0518. The number of carboxylic acid groups (broad SMARTS) is 2. The molecule has 0 aliphatic carbocycles. The average molecular weight is 517 g/mol. The van der Waals surface area contributed by atoms with Crippen molar-refractivity contribution in [2.45, 2.75) is 108 Å². The molecule has 8 nitrogen and oxygen atoms in total. The molecule has 0 rings (SSSR count). The molecule has 8 heteroatoms. The van der Waals surface area contributed by atoms with Gasteiger partial charge in [-0.05, 0) is 62.2 Å². The van der Waals surface area contributed by atoms with Crippen molar-refractivity contribution in [2.75, 3.05) is 13.2 Å². The van der Waals surface area contributed by atoms with Gasteiger partial charge in [-0.1, -0.05) is 69.2 Å². The molecule has 0 saturated carbocycles. The molecule has 0 saturated heterocycles. The highest BCUT2D eigenvalue weighted by Gasteiger charge is 2.49. The molecule has 2 N–H and O–H groups in total. The van der Waals surface area contributed by atoms with Crippen molar-refractivity contribution in [3.8, 4) is 0 Å². The fourth-order valence-corrected chi connectivity index (χ4v) is 4.48. The molecule has 0 aromatic carbocycles. The van der Waals surface area contributed by atoms with Gasteiger partial charge in [-0.2, -0.15) is 0 Å². The van der Waals surface area contributed by atoms with Crippen molar-refractivity contribution >= 4 is 23.9 Å². The fourth-order valence-electron chi connectivity index (χ4n) is 4.48. The number of hydrogen-bond acceptors (Lipinski definition) is 6. The molecule has 0 unspecified atom stereocenters. The molecule has 0 fully saturated rings. The van der Waals surface area contributed by atoms with Crippen molar-refractivity contribution in [1.82, 2.24) is 0 Å². The van der Waals surface area contributed by atoms with Gasteiger partial charge in [0.15, 0.2) is 10.8 Å². The molecule has 0 spiro atoms. The third-order valence-electron chi connectivity index (χ3n) is 5.50. The van der Waals surface area contributed by atoms with E-state index >= 15 is 0 Å². The number of rotatable bonds is 16. The Morgan fingerprint density at radius 1 is 0.556 bits per heavy atom. The Kier molecular flexibility index (Phi) is 17.4. The highest BCUT2D eigenvalue weighted by atomic mass is 16.6. The molecule has 0 amide bonds. The van der Waals surface area contributed by atoms with Gasteiger partial charge in [0.05, 0.1) is 13.2 Å². The minimum atomic E-state index is -1.62. The Morgan fingerprint density at radius 2 is 0.806 bits per heavy atom. The molecule has 0 aliphatic heterocycles. The zero-order valence-corrected chi connectivity index (χ0v) is 24.3. The zero-order chi connectivity index (χ0) is 28.7. The Bertz CT molecular complexity index is 621. The molecule has 0 bridgehead atoms. The Labute approximate surface area is 218 Å². The summed E-state index contributed by atoms with van der Waals surface area (Å²) in [6, 6.07) is 0. The molecular formula is C28H52O8. The first-order chi connectivity index (χ1) is 16.5. The first-order valence-electron chi connectivity index (χ1n) is 13.3. The lowest BCUT2D eigenvalue weighted by Crippen LogP contribution is -2.44. The van der Waals surface area contributed by atoms with E-state index in [-0.39, 0.29) is 36.5 Å². The summed E-state index contributed by atoms with van der Waals surface area (Å²) in [6.07, 6.45) is 2.78. The molecule has 212 valence electrons. The molecule has 0 heterocycles. The standard InChI is InChI=1S/C17H32O4.C11H20O4/c1-7-9-20-15(18)17(11-13(3)4,12-14(5)6)16(19)21-10-8-2;1-7(2)5-11(9(12)13,10(14)15)6-8(3)4/h13-14H,7-12H2,1-6H3;7-8H,5-6H2,1-4H3,(H,12,13)(H,14,15). The van der Waals surface area contributed by atoms with Crippen molar-refractivity contribution < 1.29 is 38.9 Å². The topological polar surface area (TPSA) is 127 Å². The number of hydrogen-bond donors (Lipinski definition) is 2. The SMILES string of the molecule is CC(C)CC(CC(C)C)(C(=O)O)C(=O)O.CCCOC(=O)C(CC(C)C)(CC(C)C)C(=O)OCCC. The van der Waals surface area contributed by atoms with Crippen LogP contribution in [0.25, 0.3) is 0 Å². The van der Waals surface area contributed by atoms with Crippen LogP contribution in [-0.4, -0.2) is 47.3 Å². The van der Waals surface area contributed by atoms with Gasteiger partial charge >= 0.3 is 23.9 Å². The van der Waals surface area contributed by atoms with Crippen molar-refractivity contribution in [3.05, 3.63) is 0 Å². The number of aliphatic carboxylic acids is 2. The minimum Gasteiger partial charge on any atom is -0.480 e. The van der Waals surface area contributed by atoms with Crippen LogP contribution in [0.3, 0.4) is 0 Å². The van der Waals surface area contributed by atoms with Crippen molar-refractivity contribution in [2.24, 2.45) is 34.5 Å². The second-order valence-electron chi connectivity index (χ2n) is 11.4. The average Bonchev–Trinajstić information content (AvgIpc) is 2.73. The van der Waals surface area contributed by atoms with Crippen LogP contribution in [0.2, 0.25) is 0 Å². The third-order valence-corrected chi connectivity index (χ3v) is 5.50. The number of esters is 2. The first kappa shape index (κ1) is 36.0. The maximum absolute atomic E-state index is 12.6. The monoisotopic (exact) mass is 516 g/mol. The van der Waals surface area contributed by atoms with Crippen LogP contribution in [0.4, 0.5) is 0 Å². The van der Waals surface area contributed by atoms with Gasteiger partial charge in [0.2, 0.25) is 0 Å². The van der Waals surface area contributed by atoms with Gasteiger partial charge in [0.1, 0.15) is 0 Å². The van der Waals surface area contributed by atoms with Crippen LogP contribution in [0, 0.1) is 34.5 Å². The highest BCUT2D eigenvalue weighted by molar-refractivity contribution is 6.00. The fraction of sp³-hybridized carbons (Fsp3) is 0.857. The summed E-state index contributed by atoms with van der Waals surface area (Å²) in [7, 11) is 0. The van der Waals surface area contributed by atoms with Crippen LogP contribution >= 0.6 is 0 Å². The Hall–Kier alpha value is -2.12. The van der Waals surface area contributed by atoms with Crippen LogP contribution in [0.15, 0.2) is 0 Å². The maximum atomic E-state index is 12.6. The van der Waals surface area contributed by atoms with Crippen LogP contribution in [-0.2, 0) is 28.7 Å². The first-order valence-corrected chi connectivity index (χ1v) is 13.3. The van der Waals surface area contributed by atoms with E-state index in [4.69, 9.17) is 19.7 Å². The summed E-state index contributed by atoms with van der Waals surface area (Å²) < 4.78 is 10.6. The molecule has 36 heavy (non-hydrogen) atoms. The summed E-state index contributed by atoms with van der Waals surface area (Å²) in [5, 5.41) is 18.2. The van der Waals surface area contributed by atoms with E-state index in [1.165, 1.54) is 0 Å². The normalized spacial score (nSPS) is 11.9. The van der Waals surface area contributed by atoms with Gasteiger partial charge in [-0.3, -0.25) is 19.2 Å². The van der Waals surface area contributed by atoms with Gasteiger partial charge < -0.3 is 19.7 Å². The lowest BCUT2D eigenvalue weighted by atomic mass is 9.74. The number of carbonyl (C=O) groups is 4. The smallest absolute Gasteiger partial charge is 0.323 e. The quantitative estimate of drug-likeness (QED) is 0.183. The maximum Gasteiger partial charge on any atom is 0.323 e. The molecule has 0 aromatic rings. The molecule has 0 aromatic heterocycles. The van der Waals surface area contributed by atoms with Crippen LogP contribution in [0.5, 0.6) is 0 Å². The van der Waals surface area contributed by atoms with Gasteiger partial charge in [-0.15, -0.1) is 0 Å². The second kappa shape index (κ2) is 17.4. The predicted molar refractivity (Wildman–Crippen MR) is 140 cm³/mol. The van der Waals surface area contributed by atoms with E-state index in [9.17, 15) is 19.2 Å². The molecule has 0 aliphatic rings. The van der Waals surface area contributed by atoms with E-state index < -0.39 is 34.7 Å². The molecular weight excluding hydrogens is 464 g/mol. The number of carbonyl (C=O) groups excluding carboxylic acids is 2. The van der Waals surface area contributed by atoms with E-state index in [1.54, 1.807) is 0 Å². The molecule has 0 atom stereocenters. The van der Waals surface area contributed by atoms with Gasteiger partial charge in [0.25, 0.3) is 0 Å².